The van der Waals surface area contributed by atoms with Gasteiger partial charge in [-0.3, -0.25) is 4.79 Å². The highest BCUT2D eigenvalue weighted by Gasteiger charge is 2.15. The number of carbonyl (C=O) groups excluding carboxylic acids is 1. The van der Waals surface area contributed by atoms with E-state index in [1.165, 1.54) is 11.1 Å². The molecule has 19 heavy (non-hydrogen) atoms. The van der Waals surface area contributed by atoms with E-state index in [0.717, 1.165) is 31.6 Å². The zero-order valence-electron chi connectivity index (χ0n) is 11.7. The largest absolute Gasteiger partial charge is 0.352 e. The first-order valence-electron chi connectivity index (χ1n) is 6.91. The van der Waals surface area contributed by atoms with E-state index in [9.17, 15) is 4.79 Å². The summed E-state index contributed by atoms with van der Waals surface area (Å²) < 4.78 is 0. The highest BCUT2D eigenvalue weighted by molar-refractivity contribution is 5.93. The number of benzene rings is 1. The molecule has 1 aromatic carbocycles. The van der Waals surface area contributed by atoms with Crippen molar-refractivity contribution in [2.75, 3.05) is 19.6 Å². The van der Waals surface area contributed by atoms with Crippen molar-refractivity contribution >= 4 is 5.91 Å². The van der Waals surface area contributed by atoms with Gasteiger partial charge in [0, 0.05) is 25.2 Å². The maximum Gasteiger partial charge on any atom is 0.246 e. The third kappa shape index (κ3) is 3.67. The first-order chi connectivity index (χ1) is 9.18. The maximum atomic E-state index is 11.9. The molecule has 1 aromatic rings. The van der Waals surface area contributed by atoms with Gasteiger partial charge in [-0.1, -0.05) is 37.3 Å². The average Bonchev–Trinajstić information content (AvgIpc) is 2.37. The molecule has 0 aliphatic carbocycles. The molecule has 1 aliphatic rings. The minimum absolute atomic E-state index is 0.0803. The lowest BCUT2D eigenvalue weighted by atomic mass is 9.98. The monoisotopic (exact) mass is 258 g/mol. The predicted octanol–water partition coefficient (Wildman–Crippen LogP) is 2.22. The van der Waals surface area contributed by atoms with Gasteiger partial charge in [0.05, 0.1) is 0 Å². The van der Waals surface area contributed by atoms with Crippen LogP contribution in [0.4, 0.5) is 0 Å². The van der Waals surface area contributed by atoms with Crippen molar-refractivity contribution in [3.63, 3.8) is 0 Å². The molecule has 0 spiro atoms. The van der Waals surface area contributed by atoms with E-state index >= 15 is 0 Å². The van der Waals surface area contributed by atoms with Crippen LogP contribution < -0.4 is 10.6 Å². The van der Waals surface area contributed by atoms with E-state index in [2.05, 4.69) is 41.8 Å². The van der Waals surface area contributed by atoms with Crippen molar-refractivity contribution in [3.8, 4) is 0 Å². The molecule has 0 bridgehead atoms. The Labute approximate surface area is 115 Å². The molecule has 1 heterocycles. The van der Waals surface area contributed by atoms with Gasteiger partial charge in [0.25, 0.3) is 0 Å². The number of hydrogen-bond donors (Lipinski definition) is 2. The van der Waals surface area contributed by atoms with Gasteiger partial charge >= 0.3 is 0 Å². The molecule has 1 atom stereocenters. The molecule has 102 valence electrons. The Balaban J connectivity index is 1.76. The topological polar surface area (TPSA) is 41.1 Å². The molecule has 1 aliphatic heterocycles. The second-order valence-electron chi connectivity index (χ2n) is 5.19. The minimum Gasteiger partial charge on any atom is -0.352 e. The summed E-state index contributed by atoms with van der Waals surface area (Å²) in [5.41, 5.74) is 3.44. The summed E-state index contributed by atoms with van der Waals surface area (Å²) in [5.74, 6) is 0.552. The van der Waals surface area contributed by atoms with E-state index < -0.39 is 0 Å². The molecule has 0 radical (unpaired) electrons. The summed E-state index contributed by atoms with van der Waals surface area (Å²) >= 11 is 0. The molecule has 1 amide bonds. The highest BCUT2D eigenvalue weighted by Crippen LogP contribution is 2.17. The van der Waals surface area contributed by atoms with E-state index in [1.54, 1.807) is 0 Å². The van der Waals surface area contributed by atoms with Crippen LogP contribution in [0, 0.1) is 0 Å². The lowest BCUT2D eigenvalue weighted by Gasteiger charge is -2.21. The maximum absolute atomic E-state index is 11.9. The molecule has 0 aromatic heterocycles. The van der Waals surface area contributed by atoms with Gasteiger partial charge in [-0.25, -0.2) is 0 Å². The van der Waals surface area contributed by atoms with Crippen molar-refractivity contribution in [3.05, 3.63) is 47.0 Å². The van der Waals surface area contributed by atoms with Gasteiger partial charge in [-0.15, -0.1) is 0 Å². The Morgan fingerprint density at radius 1 is 1.32 bits per heavy atom. The first kappa shape index (κ1) is 13.8. The Kier molecular flexibility index (Phi) is 4.74. The molecule has 1 saturated heterocycles. The number of carbonyl (C=O) groups is 1. The zero-order valence-corrected chi connectivity index (χ0v) is 11.7. The van der Waals surface area contributed by atoms with Crippen LogP contribution in [0.15, 0.2) is 41.5 Å². The summed E-state index contributed by atoms with van der Waals surface area (Å²) in [7, 11) is 0. The van der Waals surface area contributed by atoms with Crippen LogP contribution in [0.5, 0.6) is 0 Å². The van der Waals surface area contributed by atoms with Gasteiger partial charge in [-0.2, -0.15) is 0 Å². The van der Waals surface area contributed by atoms with Crippen molar-refractivity contribution in [1.82, 2.24) is 10.6 Å². The van der Waals surface area contributed by atoms with E-state index in [1.807, 2.05) is 13.0 Å². The fourth-order valence-corrected chi connectivity index (χ4v) is 2.16. The summed E-state index contributed by atoms with van der Waals surface area (Å²) in [6.07, 6.45) is 0.969. The minimum atomic E-state index is 0.0803. The van der Waals surface area contributed by atoms with Gasteiger partial charge in [-0.05, 0) is 30.4 Å². The Morgan fingerprint density at radius 2 is 2.00 bits per heavy atom. The molecule has 0 saturated carbocycles. The van der Waals surface area contributed by atoms with Crippen LogP contribution >= 0.6 is 0 Å². The Morgan fingerprint density at radius 3 is 2.58 bits per heavy atom. The van der Waals surface area contributed by atoms with Crippen LogP contribution in [0.2, 0.25) is 0 Å². The number of rotatable bonds is 5. The van der Waals surface area contributed by atoms with Crippen LogP contribution in [0.3, 0.4) is 0 Å². The molecule has 2 N–H and O–H groups in total. The molecule has 3 nitrogen and oxygen atoms in total. The number of nitrogens with one attached hydrogen (secondary N) is 2. The smallest absolute Gasteiger partial charge is 0.246 e. The summed E-state index contributed by atoms with van der Waals surface area (Å²) in [6.45, 7) is 6.56. The second-order valence-corrected chi connectivity index (χ2v) is 5.19. The van der Waals surface area contributed by atoms with Crippen molar-refractivity contribution in [1.29, 1.82) is 0 Å². The fourth-order valence-electron chi connectivity index (χ4n) is 2.16. The Bertz CT molecular complexity index is 459. The molecule has 1 unspecified atom stereocenters. The number of amides is 1. The average molecular weight is 258 g/mol. The molecular formula is C16H22N2O. The van der Waals surface area contributed by atoms with Gasteiger partial charge < -0.3 is 10.6 Å². The van der Waals surface area contributed by atoms with Crippen molar-refractivity contribution in [2.45, 2.75) is 26.2 Å². The van der Waals surface area contributed by atoms with E-state index in [-0.39, 0.29) is 5.91 Å². The highest BCUT2D eigenvalue weighted by atomic mass is 16.1. The van der Waals surface area contributed by atoms with E-state index in [4.69, 9.17) is 0 Å². The van der Waals surface area contributed by atoms with Gasteiger partial charge in [0.15, 0.2) is 0 Å². The summed E-state index contributed by atoms with van der Waals surface area (Å²) in [4.78, 5) is 11.9. The zero-order chi connectivity index (χ0) is 13.7. The normalized spacial score (nSPS) is 15.6. The third-order valence-corrected chi connectivity index (χ3v) is 3.78. The van der Waals surface area contributed by atoms with Crippen LogP contribution in [-0.2, 0) is 4.79 Å². The van der Waals surface area contributed by atoms with Crippen LogP contribution in [-0.4, -0.2) is 25.5 Å². The lowest BCUT2D eigenvalue weighted by Crippen LogP contribution is -2.37. The molecule has 3 heteroatoms. The fraction of sp³-hybridized carbons (Fsp3) is 0.438. The van der Waals surface area contributed by atoms with Crippen molar-refractivity contribution in [2.24, 2.45) is 0 Å². The predicted molar refractivity (Wildman–Crippen MR) is 78.1 cm³/mol. The molecule has 1 fully saturated rings. The van der Waals surface area contributed by atoms with Crippen LogP contribution in [0.25, 0.3) is 0 Å². The summed E-state index contributed by atoms with van der Waals surface area (Å²) in [6, 6.07) is 10.4. The molecule has 2 rings (SSSR count). The lowest BCUT2D eigenvalue weighted by molar-refractivity contribution is -0.117. The molecular weight excluding hydrogens is 236 g/mol. The quantitative estimate of drug-likeness (QED) is 0.795. The SMILES string of the molecule is CC(C(=O)NCCC(C)c1ccccc1)=C1CNC1. The second kappa shape index (κ2) is 6.53. The van der Waals surface area contributed by atoms with Gasteiger partial charge in [0.2, 0.25) is 5.91 Å². The van der Waals surface area contributed by atoms with E-state index in [0.29, 0.717) is 5.92 Å². The third-order valence-electron chi connectivity index (χ3n) is 3.78. The van der Waals surface area contributed by atoms with Crippen molar-refractivity contribution < 1.29 is 4.79 Å². The standard InChI is InChI=1S/C16H22N2O/c1-12(14-6-4-3-5-7-14)8-9-18-16(19)13(2)15-10-17-11-15/h3-7,12,17H,8-11H2,1-2H3,(H,18,19). The summed E-state index contributed by atoms with van der Waals surface area (Å²) in [5, 5.41) is 6.16. The van der Waals surface area contributed by atoms with Gasteiger partial charge in [0.1, 0.15) is 0 Å². The number of hydrogen-bond acceptors (Lipinski definition) is 2. The Hall–Kier alpha value is -1.61. The van der Waals surface area contributed by atoms with Crippen LogP contribution in [0.1, 0.15) is 31.7 Å². The first-order valence-corrected chi connectivity index (χ1v) is 6.91.